The molecule has 3 amide bonds. The number of hydrogen-bond acceptors (Lipinski definition) is 3. The first kappa shape index (κ1) is 22.7. The van der Waals surface area contributed by atoms with Gasteiger partial charge in [-0.2, -0.15) is 22.0 Å². The molecule has 6 nitrogen and oxygen atoms in total. The van der Waals surface area contributed by atoms with Gasteiger partial charge in [0.15, 0.2) is 0 Å². The number of fused-ring (bicyclic) bond motifs is 3. The van der Waals surface area contributed by atoms with Crippen LogP contribution in [0.5, 0.6) is 0 Å². The molecule has 2 aromatic carbocycles. The Labute approximate surface area is 185 Å². The van der Waals surface area contributed by atoms with Gasteiger partial charge in [0.25, 0.3) is 5.91 Å². The van der Waals surface area contributed by atoms with Crippen LogP contribution in [0.4, 0.5) is 27.6 Å². The van der Waals surface area contributed by atoms with E-state index in [1.807, 2.05) is 0 Å². The summed E-state index contributed by atoms with van der Waals surface area (Å²) in [5.74, 6) is -5.05. The van der Waals surface area contributed by atoms with E-state index in [1.165, 1.54) is 11.9 Å². The van der Waals surface area contributed by atoms with Gasteiger partial charge in [0, 0.05) is 19.2 Å². The number of rotatable bonds is 3. The highest BCUT2D eigenvalue weighted by molar-refractivity contribution is 6.08. The first-order valence-corrected chi connectivity index (χ1v) is 9.97. The van der Waals surface area contributed by atoms with Gasteiger partial charge in [0.1, 0.15) is 12.0 Å². The number of alkyl halides is 5. The number of carbonyl (C=O) groups excluding carboxylic acids is 3. The summed E-state index contributed by atoms with van der Waals surface area (Å²) < 4.78 is 65.5. The van der Waals surface area contributed by atoms with E-state index in [2.05, 4.69) is 5.32 Å². The van der Waals surface area contributed by atoms with Crippen molar-refractivity contribution in [2.75, 3.05) is 18.5 Å². The number of benzene rings is 2. The van der Waals surface area contributed by atoms with E-state index in [1.54, 1.807) is 48.5 Å². The smallest absolute Gasteiger partial charge is 0.340 e. The standard InChI is InChI=1S/C22H18F5N3O3/c1-29-16-9-5-4-7-13(16)12-6-2-3-8-14(12)17(20(29)33)28-18(31)15-10-11-30(19(15)32)22(26,27)21(23,24)25/h2-9,15,17H,10-11H2,1H3,(H,28,31)/t15?,17-/m0/s1. The molecule has 2 heterocycles. The van der Waals surface area contributed by atoms with E-state index in [-0.39, 0.29) is 0 Å². The monoisotopic (exact) mass is 467 g/mol. The average Bonchev–Trinajstić information content (AvgIpc) is 3.14. The maximum Gasteiger partial charge on any atom is 0.475 e. The molecule has 1 unspecified atom stereocenters. The topological polar surface area (TPSA) is 69.7 Å². The number of amides is 3. The second-order valence-corrected chi connectivity index (χ2v) is 7.81. The van der Waals surface area contributed by atoms with Crippen molar-refractivity contribution in [3.05, 3.63) is 54.1 Å². The van der Waals surface area contributed by atoms with E-state index in [0.29, 0.717) is 22.4 Å². The van der Waals surface area contributed by atoms with Crippen LogP contribution in [0, 0.1) is 5.92 Å². The fourth-order valence-corrected chi connectivity index (χ4v) is 4.17. The molecule has 0 aliphatic carbocycles. The van der Waals surface area contributed by atoms with Crippen molar-refractivity contribution < 1.29 is 36.3 Å². The van der Waals surface area contributed by atoms with Gasteiger partial charge in [0.05, 0.1) is 5.69 Å². The second-order valence-electron chi connectivity index (χ2n) is 7.81. The lowest BCUT2D eigenvalue weighted by Gasteiger charge is -2.29. The minimum Gasteiger partial charge on any atom is -0.340 e. The lowest BCUT2D eigenvalue weighted by molar-refractivity contribution is -0.331. The molecule has 0 bridgehead atoms. The number of para-hydroxylation sites is 1. The minimum atomic E-state index is -5.97. The van der Waals surface area contributed by atoms with Crippen LogP contribution in [-0.2, 0) is 14.4 Å². The summed E-state index contributed by atoms with van der Waals surface area (Å²) in [7, 11) is 1.50. The SMILES string of the molecule is CN1C(=O)[C@@H](NC(=O)C2CCN(C(F)(F)C(F)(F)F)C2=O)c2ccccc2-c2ccccc21. The van der Waals surface area contributed by atoms with Gasteiger partial charge in [-0.05, 0) is 23.6 Å². The van der Waals surface area contributed by atoms with E-state index >= 15 is 0 Å². The molecule has 33 heavy (non-hydrogen) atoms. The van der Waals surface area contributed by atoms with Crippen LogP contribution in [0.15, 0.2) is 48.5 Å². The van der Waals surface area contributed by atoms with Crippen molar-refractivity contribution in [3.63, 3.8) is 0 Å². The molecule has 2 aliphatic rings. The van der Waals surface area contributed by atoms with Crippen LogP contribution in [0.3, 0.4) is 0 Å². The summed E-state index contributed by atoms with van der Waals surface area (Å²) in [5.41, 5.74) is 2.34. The Morgan fingerprint density at radius 3 is 2.21 bits per heavy atom. The highest BCUT2D eigenvalue weighted by atomic mass is 19.4. The van der Waals surface area contributed by atoms with Crippen molar-refractivity contribution in [2.24, 2.45) is 5.92 Å². The zero-order valence-electron chi connectivity index (χ0n) is 17.2. The lowest BCUT2D eigenvalue weighted by Crippen LogP contribution is -2.54. The number of hydrogen-bond donors (Lipinski definition) is 1. The first-order valence-electron chi connectivity index (χ1n) is 9.97. The molecule has 2 aliphatic heterocycles. The molecule has 2 atom stereocenters. The van der Waals surface area contributed by atoms with E-state index in [4.69, 9.17) is 0 Å². The molecule has 1 saturated heterocycles. The Bertz CT molecular complexity index is 1130. The molecule has 0 spiro atoms. The second kappa shape index (κ2) is 7.82. The Kier molecular flexibility index (Phi) is 5.38. The van der Waals surface area contributed by atoms with E-state index < -0.39 is 59.8 Å². The highest BCUT2D eigenvalue weighted by Crippen LogP contribution is 2.42. The number of likely N-dealkylation sites (tertiary alicyclic amines) is 1. The van der Waals surface area contributed by atoms with Crippen LogP contribution in [0.25, 0.3) is 11.1 Å². The van der Waals surface area contributed by atoms with Crippen molar-refractivity contribution >= 4 is 23.4 Å². The van der Waals surface area contributed by atoms with Gasteiger partial charge >= 0.3 is 12.2 Å². The summed E-state index contributed by atoms with van der Waals surface area (Å²) in [4.78, 5) is 39.0. The molecule has 1 fully saturated rings. The summed E-state index contributed by atoms with van der Waals surface area (Å²) in [5, 5.41) is 2.41. The number of nitrogens with zero attached hydrogens (tertiary/aromatic N) is 2. The largest absolute Gasteiger partial charge is 0.475 e. The predicted octanol–water partition coefficient (Wildman–Crippen LogP) is 3.49. The molecule has 174 valence electrons. The van der Waals surface area contributed by atoms with Crippen LogP contribution in [-0.4, -0.2) is 48.4 Å². The van der Waals surface area contributed by atoms with Gasteiger partial charge in [-0.3, -0.25) is 19.3 Å². The van der Waals surface area contributed by atoms with Crippen LogP contribution >= 0.6 is 0 Å². The third kappa shape index (κ3) is 3.61. The molecular weight excluding hydrogens is 449 g/mol. The molecule has 0 radical (unpaired) electrons. The molecule has 0 aromatic heterocycles. The molecule has 11 heteroatoms. The summed E-state index contributed by atoms with van der Waals surface area (Å²) >= 11 is 0. The Hall–Kier alpha value is -3.50. The molecule has 4 rings (SSSR count). The minimum absolute atomic E-state index is 0.413. The predicted molar refractivity (Wildman–Crippen MR) is 107 cm³/mol. The number of nitrogens with one attached hydrogen (secondary N) is 1. The van der Waals surface area contributed by atoms with Crippen molar-refractivity contribution in [3.8, 4) is 11.1 Å². The molecule has 2 aromatic rings. The van der Waals surface area contributed by atoms with Crippen molar-refractivity contribution in [1.82, 2.24) is 10.2 Å². The van der Waals surface area contributed by atoms with Crippen molar-refractivity contribution in [1.29, 1.82) is 0 Å². The lowest BCUT2D eigenvalue weighted by atomic mass is 9.95. The number of anilines is 1. The Morgan fingerprint density at radius 2 is 1.55 bits per heavy atom. The van der Waals surface area contributed by atoms with Crippen molar-refractivity contribution in [2.45, 2.75) is 24.7 Å². The van der Waals surface area contributed by atoms with E-state index in [9.17, 15) is 36.3 Å². The van der Waals surface area contributed by atoms with Gasteiger partial charge in [-0.15, -0.1) is 0 Å². The average molecular weight is 467 g/mol. The van der Waals surface area contributed by atoms with Crippen LogP contribution in [0.1, 0.15) is 18.0 Å². The van der Waals surface area contributed by atoms with E-state index in [0.717, 1.165) is 0 Å². The molecular formula is C22H18F5N3O3. The molecule has 0 saturated carbocycles. The first-order chi connectivity index (χ1) is 15.4. The van der Waals surface area contributed by atoms with Crippen LogP contribution < -0.4 is 10.2 Å². The van der Waals surface area contributed by atoms with Gasteiger partial charge < -0.3 is 10.2 Å². The van der Waals surface area contributed by atoms with Crippen LogP contribution in [0.2, 0.25) is 0 Å². The third-order valence-electron chi connectivity index (χ3n) is 5.89. The fourth-order valence-electron chi connectivity index (χ4n) is 4.17. The number of carbonyl (C=O) groups is 3. The fraction of sp³-hybridized carbons (Fsp3) is 0.318. The third-order valence-corrected chi connectivity index (χ3v) is 5.89. The Morgan fingerprint density at radius 1 is 0.939 bits per heavy atom. The summed E-state index contributed by atoms with van der Waals surface area (Å²) in [6.45, 7) is -0.941. The maximum absolute atomic E-state index is 13.7. The normalized spacial score (nSPS) is 20.9. The highest BCUT2D eigenvalue weighted by Gasteiger charge is 2.65. The molecule has 1 N–H and O–H groups in total. The van der Waals surface area contributed by atoms with Gasteiger partial charge in [-0.25, -0.2) is 0 Å². The Balaban J connectivity index is 1.64. The quantitative estimate of drug-likeness (QED) is 0.427. The maximum atomic E-state index is 13.7. The van der Waals surface area contributed by atoms with Gasteiger partial charge in [0.2, 0.25) is 11.8 Å². The van der Waals surface area contributed by atoms with Gasteiger partial charge in [-0.1, -0.05) is 42.5 Å². The number of likely N-dealkylation sites (N-methyl/N-ethyl adjacent to an activating group) is 1. The summed E-state index contributed by atoms with van der Waals surface area (Å²) in [6.07, 6.45) is -6.51. The zero-order chi connectivity index (χ0) is 24.1. The summed E-state index contributed by atoms with van der Waals surface area (Å²) in [6, 6.07) is 7.08. The number of halogens is 5. The zero-order valence-corrected chi connectivity index (χ0v) is 17.2.